The maximum atomic E-state index is 7.15. The van der Waals surface area contributed by atoms with Gasteiger partial charge < -0.3 is 19.4 Å². The Morgan fingerprint density at radius 3 is 1.65 bits per heavy atom. The van der Waals surface area contributed by atoms with Crippen LogP contribution in [0.25, 0.3) is 21.9 Å². The summed E-state index contributed by atoms with van der Waals surface area (Å²) >= 11 is 0. The largest absolute Gasteiger partial charge is 0.458 e. The molecule has 2 aliphatic heterocycles. The van der Waals surface area contributed by atoms with Crippen molar-refractivity contribution in [2.45, 2.75) is 19.3 Å². The van der Waals surface area contributed by atoms with Gasteiger partial charge in [0.15, 0.2) is 0 Å². The Kier molecular flexibility index (Phi) is 8.63. The van der Waals surface area contributed by atoms with Crippen LogP contribution < -0.4 is 35.8 Å². The second-order valence-corrected chi connectivity index (χ2v) is 18.1. The number of para-hydroxylation sites is 5. The molecule has 66 heavy (non-hydrogen) atoms. The van der Waals surface area contributed by atoms with Crippen LogP contribution in [-0.4, -0.2) is 6.71 Å². The third kappa shape index (κ3) is 5.79. The standard InChI is InChI=1S/C61H44BN3O/c1-61(2)50-31-18-30-48-54(64(43-24-12-5-13-25-43)44-26-14-6-15-27-44)37-35-47(59(48)50)49-39-58-53(40-51(49)61)62-52-36-34-46(63(41-20-8-3-9-21-41)42-22-10-4-11-23-42)38-56(52)65(45-28-16-7-17-29-45)55-32-19-33-57(66-58)60(55)62/h3-40H,1-2H3. The van der Waals surface area contributed by atoms with Crippen molar-refractivity contribution in [3.63, 3.8) is 0 Å². The summed E-state index contributed by atoms with van der Waals surface area (Å²) < 4.78 is 7.15. The predicted molar refractivity (Wildman–Crippen MR) is 277 cm³/mol. The molecule has 0 fully saturated rings. The average Bonchev–Trinajstić information content (AvgIpc) is 3.37. The quantitative estimate of drug-likeness (QED) is 0.149. The van der Waals surface area contributed by atoms with Crippen molar-refractivity contribution in [2.24, 2.45) is 0 Å². The van der Waals surface area contributed by atoms with Crippen LogP contribution in [0.4, 0.5) is 51.2 Å². The molecule has 4 nitrogen and oxygen atoms in total. The van der Waals surface area contributed by atoms with E-state index in [1.807, 2.05) is 0 Å². The zero-order valence-corrected chi connectivity index (χ0v) is 36.8. The average molecular weight is 846 g/mol. The fraction of sp³-hybridized carbons (Fsp3) is 0.0492. The molecule has 0 amide bonds. The van der Waals surface area contributed by atoms with Crippen molar-refractivity contribution in [3.05, 3.63) is 242 Å². The van der Waals surface area contributed by atoms with E-state index >= 15 is 0 Å². The lowest BCUT2D eigenvalue weighted by molar-refractivity contribution is 0.487. The topological polar surface area (TPSA) is 19.0 Å². The molecule has 0 saturated heterocycles. The van der Waals surface area contributed by atoms with Gasteiger partial charge in [-0.3, -0.25) is 0 Å². The normalized spacial score (nSPS) is 13.5. The number of rotatable bonds is 7. The molecule has 0 bridgehead atoms. The summed E-state index contributed by atoms with van der Waals surface area (Å²) in [6.07, 6.45) is 0. The van der Waals surface area contributed by atoms with Gasteiger partial charge in [0.2, 0.25) is 0 Å². The van der Waals surface area contributed by atoms with Gasteiger partial charge in [-0.05, 0) is 141 Å². The van der Waals surface area contributed by atoms with Crippen molar-refractivity contribution in [3.8, 4) is 22.6 Å². The van der Waals surface area contributed by atoms with Gasteiger partial charge in [-0.15, -0.1) is 0 Å². The van der Waals surface area contributed by atoms with E-state index < -0.39 is 0 Å². The van der Waals surface area contributed by atoms with Crippen LogP contribution in [0.1, 0.15) is 25.0 Å². The van der Waals surface area contributed by atoms with Gasteiger partial charge in [-0.1, -0.05) is 147 Å². The fourth-order valence-corrected chi connectivity index (χ4v) is 11.1. The SMILES string of the molecule is CC1(C)c2cc3c(cc2-c2ccc(N(c4ccccc4)c4ccccc4)c4cccc1c24)Oc1cccc2c1B3c1ccc(N(c3ccccc3)c3ccccc3)cc1N2c1ccccc1. The van der Waals surface area contributed by atoms with E-state index in [-0.39, 0.29) is 12.1 Å². The summed E-state index contributed by atoms with van der Waals surface area (Å²) in [6.45, 7) is 4.74. The van der Waals surface area contributed by atoms with Crippen molar-refractivity contribution < 1.29 is 4.74 Å². The van der Waals surface area contributed by atoms with Gasteiger partial charge in [0, 0.05) is 56.3 Å². The molecule has 0 N–H and O–H groups in total. The highest BCUT2D eigenvalue weighted by atomic mass is 16.5. The van der Waals surface area contributed by atoms with Crippen LogP contribution in [0.5, 0.6) is 11.5 Å². The summed E-state index contributed by atoms with van der Waals surface area (Å²) in [5.74, 6) is 1.80. The van der Waals surface area contributed by atoms with E-state index in [0.29, 0.717) is 0 Å². The smallest absolute Gasteiger partial charge is 0.256 e. The Hall–Kier alpha value is -8.28. The van der Waals surface area contributed by atoms with E-state index in [9.17, 15) is 0 Å². The van der Waals surface area contributed by atoms with E-state index in [1.165, 1.54) is 49.4 Å². The van der Waals surface area contributed by atoms with Crippen LogP contribution >= 0.6 is 0 Å². The molecule has 312 valence electrons. The molecule has 0 saturated carbocycles. The summed E-state index contributed by atoms with van der Waals surface area (Å²) in [5.41, 5.74) is 18.5. The Bertz CT molecular complexity index is 3410. The number of nitrogens with zero attached hydrogens (tertiary/aromatic N) is 3. The summed E-state index contributed by atoms with van der Waals surface area (Å²) in [7, 11) is 0. The zero-order chi connectivity index (χ0) is 43.9. The maximum absolute atomic E-state index is 7.15. The van der Waals surface area contributed by atoms with Crippen LogP contribution in [0.15, 0.2) is 231 Å². The highest BCUT2D eigenvalue weighted by Gasteiger charge is 2.44. The van der Waals surface area contributed by atoms with Crippen LogP contribution in [0.3, 0.4) is 0 Å². The minimum Gasteiger partial charge on any atom is -0.458 e. The van der Waals surface area contributed by atoms with Gasteiger partial charge in [0.1, 0.15) is 11.5 Å². The molecule has 2 heterocycles. The second kappa shape index (κ2) is 14.9. The lowest BCUT2D eigenvalue weighted by Gasteiger charge is -2.42. The molecule has 0 atom stereocenters. The summed E-state index contributed by atoms with van der Waals surface area (Å²) in [4.78, 5) is 7.18. The second-order valence-electron chi connectivity index (χ2n) is 18.1. The zero-order valence-electron chi connectivity index (χ0n) is 36.8. The summed E-state index contributed by atoms with van der Waals surface area (Å²) in [5, 5.41) is 2.52. The first-order valence-corrected chi connectivity index (χ1v) is 22.9. The number of hydrogen-bond donors (Lipinski definition) is 0. The first-order chi connectivity index (χ1) is 32.5. The Labute approximate surface area is 386 Å². The molecule has 10 aromatic rings. The molecule has 0 spiro atoms. The van der Waals surface area contributed by atoms with Gasteiger partial charge in [0.05, 0.1) is 5.69 Å². The lowest BCUT2D eigenvalue weighted by Crippen LogP contribution is -2.59. The molecule has 3 aliphatic rings. The maximum Gasteiger partial charge on any atom is 0.256 e. The first-order valence-electron chi connectivity index (χ1n) is 22.9. The molecular formula is C61H44BN3O. The Morgan fingerprint density at radius 2 is 1.02 bits per heavy atom. The molecule has 0 radical (unpaired) electrons. The van der Waals surface area contributed by atoms with Gasteiger partial charge in [-0.2, -0.15) is 0 Å². The minimum absolute atomic E-state index is 0.0585. The number of benzene rings is 10. The molecule has 1 aliphatic carbocycles. The minimum atomic E-state index is -0.317. The Balaban J connectivity index is 1.02. The van der Waals surface area contributed by atoms with Crippen molar-refractivity contribution in [1.29, 1.82) is 0 Å². The highest BCUT2D eigenvalue weighted by molar-refractivity contribution is 6.99. The molecule has 10 aromatic carbocycles. The predicted octanol–water partition coefficient (Wildman–Crippen LogP) is 14.5. The van der Waals surface area contributed by atoms with E-state index in [2.05, 4.69) is 259 Å². The Morgan fingerprint density at radius 1 is 0.424 bits per heavy atom. The van der Waals surface area contributed by atoms with Gasteiger partial charge in [0.25, 0.3) is 6.71 Å². The van der Waals surface area contributed by atoms with Crippen molar-refractivity contribution >= 4 is 85.1 Å². The first kappa shape index (κ1) is 38.2. The highest BCUT2D eigenvalue weighted by Crippen LogP contribution is 2.53. The molecule has 0 aromatic heterocycles. The van der Waals surface area contributed by atoms with Crippen LogP contribution in [-0.2, 0) is 5.41 Å². The fourth-order valence-electron chi connectivity index (χ4n) is 11.1. The molecule has 13 rings (SSSR count). The number of fused-ring (bicyclic) bond motifs is 6. The summed E-state index contributed by atoms with van der Waals surface area (Å²) in [6, 6.07) is 83.5. The third-order valence-electron chi connectivity index (χ3n) is 14.0. The molecule has 5 heteroatoms. The van der Waals surface area contributed by atoms with Crippen LogP contribution in [0.2, 0.25) is 0 Å². The van der Waals surface area contributed by atoms with E-state index in [0.717, 1.165) is 62.7 Å². The van der Waals surface area contributed by atoms with Crippen molar-refractivity contribution in [2.75, 3.05) is 14.7 Å². The van der Waals surface area contributed by atoms with Gasteiger partial charge >= 0.3 is 0 Å². The number of ether oxygens (including phenoxy) is 1. The number of hydrogen-bond acceptors (Lipinski definition) is 4. The molecular weight excluding hydrogens is 802 g/mol. The third-order valence-corrected chi connectivity index (χ3v) is 14.0. The van der Waals surface area contributed by atoms with E-state index in [1.54, 1.807) is 0 Å². The van der Waals surface area contributed by atoms with Gasteiger partial charge in [-0.25, -0.2) is 0 Å². The van der Waals surface area contributed by atoms with E-state index in [4.69, 9.17) is 4.74 Å². The lowest BCUT2D eigenvalue weighted by atomic mass is 9.34. The monoisotopic (exact) mass is 845 g/mol. The molecule has 0 unspecified atom stereocenters. The van der Waals surface area contributed by atoms with Crippen molar-refractivity contribution in [1.82, 2.24) is 0 Å². The number of anilines is 9. The van der Waals surface area contributed by atoms with Crippen LogP contribution in [0, 0.1) is 0 Å².